The van der Waals surface area contributed by atoms with Crippen LogP contribution in [0, 0.1) is 6.92 Å². The van der Waals surface area contributed by atoms with E-state index in [-0.39, 0.29) is 0 Å². The molecule has 1 N–H and O–H groups in total. The number of nitrogens with zero attached hydrogens (tertiary/aromatic N) is 1. The molecule has 0 saturated heterocycles. The van der Waals surface area contributed by atoms with Crippen LogP contribution < -0.4 is 5.43 Å². The fraction of sp³-hybridized carbons (Fsp3) is 0.435. The maximum Gasteiger partial charge on any atom is 0.0580 e. The van der Waals surface area contributed by atoms with E-state index in [4.69, 9.17) is 0 Å². The van der Waals surface area contributed by atoms with E-state index in [1.807, 2.05) is 6.21 Å². The second-order valence-corrected chi connectivity index (χ2v) is 6.84. The first-order valence-electron chi connectivity index (χ1n) is 9.68. The van der Waals surface area contributed by atoms with Gasteiger partial charge in [0.25, 0.3) is 0 Å². The second-order valence-electron chi connectivity index (χ2n) is 6.84. The quantitative estimate of drug-likeness (QED) is 0.303. The van der Waals surface area contributed by atoms with Crippen molar-refractivity contribution in [1.82, 2.24) is 5.43 Å². The number of unbranched alkanes of at least 4 members (excludes halogenated alkanes) is 5. The minimum Gasteiger partial charge on any atom is -0.306 e. The van der Waals surface area contributed by atoms with Crippen LogP contribution in [0.2, 0.25) is 0 Å². The summed E-state index contributed by atoms with van der Waals surface area (Å²) in [6.45, 7) is 5.12. The van der Waals surface area contributed by atoms with Crippen molar-refractivity contribution in [3.63, 3.8) is 0 Å². The van der Waals surface area contributed by atoms with Crippen LogP contribution in [-0.4, -0.2) is 6.21 Å². The zero-order chi connectivity index (χ0) is 17.7. The van der Waals surface area contributed by atoms with Gasteiger partial charge in [-0.1, -0.05) is 93.1 Å². The summed E-state index contributed by atoms with van der Waals surface area (Å²) in [5.41, 5.74) is 8.23. The molecule has 0 aliphatic heterocycles. The van der Waals surface area contributed by atoms with Gasteiger partial charge in [0, 0.05) is 0 Å². The molecule has 0 fully saturated rings. The van der Waals surface area contributed by atoms with Crippen molar-refractivity contribution in [3.05, 3.63) is 70.8 Å². The molecule has 0 amide bonds. The molecule has 2 aromatic rings. The number of hydrogen-bond donors (Lipinski definition) is 1. The lowest BCUT2D eigenvalue weighted by molar-refractivity contribution is 0.607. The molecule has 2 nitrogen and oxygen atoms in total. The van der Waals surface area contributed by atoms with Gasteiger partial charge >= 0.3 is 0 Å². The van der Waals surface area contributed by atoms with Gasteiger partial charge in [-0.3, -0.25) is 0 Å². The molecular weight excluding hydrogens is 304 g/mol. The highest BCUT2D eigenvalue weighted by Gasteiger charge is 1.96. The molecule has 0 heterocycles. The van der Waals surface area contributed by atoms with Gasteiger partial charge in [0.1, 0.15) is 0 Å². The van der Waals surface area contributed by atoms with Crippen molar-refractivity contribution in [2.24, 2.45) is 5.10 Å². The number of rotatable bonds is 11. The van der Waals surface area contributed by atoms with Crippen LogP contribution in [0.25, 0.3) is 0 Å². The van der Waals surface area contributed by atoms with Gasteiger partial charge in [-0.2, -0.15) is 5.10 Å². The van der Waals surface area contributed by atoms with Gasteiger partial charge in [0.2, 0.25) is 0 Å². The topological polar surface area (TPSA) is 24.4 Å². The van der Waals surface area contributed by atoms with Gasteiger partial charge in [-0.15, -0.1) is 0 Å². The van der Waals surface area contributed by atoms with Crippen LogP contribution in [0.4, 0.5) is 0 Å². The Labute approximate surface area is 153 Å². The van der Waals surface area contributed by atoms with Gasteiger partial charge in [0.15, 0.2) is 0 Å². The number of hydrazone groups is 1. The van der Waals surface area contributed by atoms with E-state index in [2.05, 4.69) is 72.9 Å². The molecule has 0 atom stereocenters. The summed E-state index contributed by atoms with van der Waals surface area (Å²) in [6, 6.07) is 17.3. The van der Waals surface area contributed by atoms with E-state index in [0.29, 0.717) is 0 Å². The lowest BCUT2D eigenvalue weighted by Gasteiger charge is -2.05. The van der Waals surface area contributed by atoms with Crippen molar-refractivity contribution in [1.29, 1.82) is 0 Å². The third kappa shape index (κ3) is 8.02. The molecule has 0 spiro atoms. The zero-order valence-corrected chi connectivity index (χ0v) is 15.8. The summed E-state index contributed by atoms with van der Waals surface area (Å²) in [5, 5.41) is 4.30. The van der Waals surface area contributed by atoms with Crippen LogP contribution in [-0.2, 0) is 13.0 Å². The maximum absolute atomic E-state index is 4.30. The van der Waals surface area contributed by atoms with Crippen molar-refractivity contribution in [2.75, 3.05) is 0 Å². The lowest BCUT2D eigenvalue weighted by Crippen LogP contribution is -2.05. The highest BCUT2D eigenvalue weighted by Crippen LogP contribution is 2.11. The third-order valence-corrected chi connectivity index (χ3v) is 4.51. The Morgan fingerprint density at radius 3 is 2.16 bits per heavy atom. The Morgan fingerprint density at radius 1 is 0.800 bits per heavy atom. The summed E-state index contributed by atoms with van der Waals surface area (Å²) < 4.78 is 0. The predicted octanol–water partition coefficient (Wildman–Crippen LogP) is 6.02. The number of aryl methyl sites for hydroxylation is 2. The van der Waals surface area contributed by atoms with Crippen molar-refractivity contribution in [3.8, 4) is 0 Å². The van der Waals surface area contributed by atoms with Crippen LogP contribution >= 0.6 is 0 Å². The number of nitrogens with one attached hydrogen (secondary N) is 1. The fourth-order valence-corrected chi connectivity index (χ4v) is 2.84. The van der Waals surface area contributed by atoms with E-state index in [1.165, 1.54) is 61.6 Å². The average molecular weight is 337 g/mol. The first-order valence-corrected chi connectivity index (χ1v) is 9.68. The average Bonchev–Trinajstić information content (AvgIpc) is 2.64. The van der Waals surface area contributed by atoms with E-state index in [0.717, 1.165) is 12.1 Å². The van der Waals surface area contributed by atoms with E-state index < -0.39 is 0 Å². The van der Waals surface area contributed by atoms with Gasteiger partial charge in [-0.05, 0) is 36.5 Å². The SMILES string of the molecule is CCCCCCCCc1ccc(CN/N=C\c2ccc(C)cc2)cc1. The molecule has 0 bridgehead atoms. The first-order chi connectivity index (χ1) is 12.3. The van der Waals surface area contributed by atoms with Gasteiger partial charge < -0.3 is 5.43 Å². The molecule has 134 valence electrons. The minimum absolute atomic E-state index is 0.764. The highest BCUT2D eigenvalue weighted by molar-refractivity contribution is 5.79. The Hall–Kier alpha value is -2.09. The summed E-state index contributed by atoms with van der Waals surface area (Å²) >= 11 is 0. The molecule has 0 radical (unpaired) electrons. The normalized spacial score (nSPS) is 11.1. The largest absolute Gasteiger partial charge is 0.306 e. The van der Waals surface area contributed by atoms with Gasteiger partial charge in [0.05, 0.1) is 12.8 Å². The maximum atomic E-state index is 4.30. The monoisotopic (exact) mass is 336 g/mol. The van der Waals surface area contributed by atoms with Crippen LogP contribution in [0.15, 0.2) is 53.6 Å². The standard InChI is InChI=1S/C23H32N2/c1-3-4-5-6-7-8-9-21-14-16-23(17-15-21)19-25-24-18-22-12-10-20(2)11-13-22/h10-18,25H,3-9,19H2,1-2H3/b24-18-. The van der Waals surface area contributed by atoms with Crippen LogP contribution in [0.1, 0.15) is 67.7 Å². The van der Waals surface area contributed by atoms with Crippen molar-refractivity contribution in [2.45, 2.75) is 65.3 Å². The third-order valence-electron chi connectivity index (χ3n) is 4.51. The molecular formula is C23H32N2. The van der Waals surface area contributed by atoms with Crippen molar-refractivity contribution < 1.29 is 0 Å². The first kappa shape index (κ1) is 19.2. The Morgan fingerprint density at radius 2 is 1.44 bits per heavy atom. The zero-order valence-electron chi connectivity index (χ0n) is 15.8. The smallest absolute Gasteiger partial charge is 0.0580 e. The van der Waals surface area contributed by atoms with Crippen molar-refractivity contribution >= 4 is 6.21 Å². The van der Waals surface area contributed by atoms with E-state index in [1.54, 1.807) is 0 Å². The highest BCUT2D eigenvalue weighted by atomic mass is 15.3. The summed E-state index contributed by atoms with van der Waals surface area (Å²) in [5.74, 6) is 0. The molecule has 0 aliphatic carbocycles. The van der Waals surface area contributed by atoms with Crippen LogP contribution in [0.3, 0.4) is 0 Å². The summed E-state index contributed by atoms with van der Waals surface area (Å²) in [7, 11) is 0. The molecule has 0 saturated carbocycles. The fourth-order valence-electron chi connectivity index (χ4n) is 2.84. The van der Waals surface area contributed by atoms with E-state index in [9.17, 15) is 0 Å². The number of benzene rings is 2. The number of hydrogen-bond acceptors (Lipinski definition) is 2. The van der Waals surface area contributed by atoms with Gasteiger partial charge in [-0.25, -0.2) is 0 Å². The lowest BCUT2D eigenvalue weighted by atomic mass is 10.0. The molecule has 2 aromatic carbocycles. The Balaban J connectivity index is 1.65. The second kappa shape index (κ2) is 11.5. The molecule has 2 heteroatoms. The molecule has 0 aromatic heterocycles. The predicted molar refractivity (Wildman–Crippen MR) is 109 cm³/mol. The Bertz CT molecular complexity index is 612. The van der Waals surface area contributed by atoms with E-state index >= 15 is 0 Å². The molecule has 25 heavy (non-hydrogen) atoms. The molecule has 2 rings (SSSR count). The molecule has 0 aliphatic rings. The Kier molecular flexibility index (Phi) is 8.82. The molecule has 0 unspecified atom stereocenters. The van der Waals surface area contributed by atoms with Crippen LogP contribution in [0.5, 0.6) is 0 Å². The summed E-state index contributed by atoms with van der Waals surface area (Å²) in [6.07, 6.45) is 11.2. The summed E-state index contributed by atoms with van der Waals surface area (Å²) in [4.78, 5) is 0. The minimum atomic E-state index is 0.764.